The van der Waals surface area contributed by atoms with Crippen molar-refractivity contribution >= 4 is 17.1 Å². The van der Waals surface area contributed by atoms with Crippen LogP contribution < -0.4 is 15.8 Å². The number of nitrogens with one attached hydrogen (secondary N) is 1. The lowest BCUT2D eigenvalue weighted by Crippen LogP contribution is -1.96. The van der Waals surface area contributed by atoms with Crippen LogP contribution in [0, 0.1) is 0 Å². The molecule has 0 radical (unpaired) electrons. The molecule has 0 aliphatic heterocycles. The molecular formula is C16H20N2O. The quantitative estimate of drug-likeness (QED) is 0.808. The van der Waals surface area contributed by atoms with Crippen molar-refractivity contribution in [3.8, 4) is 5.75 Å². The number of anilines is 3. The van der Waals surface area contributed by atoms with E-state index >= 15 is 0 Å². The van der Waals surface area contributed by atoms with Gasteiger partial charge in [-0.2, -0.15) is 0 Å². The minimum atomic E-state index is 0.516. The van der Waals surface area contributed by atoms with Crippen molar-refractivity contribution < 1.29 is 4.74 Å². The largest absolute Gasteiger partial charge is 0.495 e. The lowest BCUT2D eigenvalue weighted by molar-refractivity contribution is 0.417. The molecule has 0 saturated carbocycles. The summed E-state index contributed by atoms with van der Waals surface area (Å²) >= 11 is 0. The molecule has 3 nitrogen and oxygen atoms in total. The van der Waals surface area contributed by atoms with E-state index in [-0.39, 0.29) is 0 Å². The van der Waals surface area contributed by atoms with E-state index in [4.69, 9.17) is 10.5 Å². The number of nitrogen functional groups attached to an aromatic ring is 1. The SMILES string of the molecule is COc1cc(Nc2cccc(C(C)C)c2)ccc1N. The van der Waals surface area contributed by atoms with Crippen molar-refractivity contribution in [2.24, 2.45) is 0 Å². The topological polar surface area (TPSA) is 47.3 Å². The van der Waals surface area contributed by atoms with Crippen molar-refractivity contribution in [3.05, 3.63) is 48.0 Å². The maximum Gasteiger partial charge on any atom is 0.143 e. The first-order valence-electron chi connectivity index (χ1n) is 6.40. The minimum Gasteiger partial charge on any atom is -0.495 e. The van der Waals surface area contributed by atoms with Gasteiger partial charge >= 0.3 is 0 Å². The summed E-state index contributed by atoms with van der Waals surface area (Å²) in [6.45, 7) is 4.37. The van der Waals surface area contributed by atoms with Crippen LogP contribution in [0.5, 0.6) is 5.75 Å². The summed E-state index contributed by atoms with van der Waals surface area (Å²) in [6.07, 6.45) is 0. The average Bonchev–Trinajstić information content (AvgIpc) is 2.41. The molecule has 19 heavy (non-hydrogen) atoms. The van der Waals surface area contributed by atoms with Gasteiger partial charge in [-0.15, -0.1) is 0 Å². The molecule has 0 unspecified atom stereocenters. The molecule has 0 aromatic heterocycles. The zero-order valence-electron chi connectivity index (χ0n) is 11.6. The number of rotatable bonds is 4. The summed E-state index contributed by atoms with van der Waals surface area (Å²) in [6, 6.07) is 14.1. The van der Waals surface area contributed by atoms with Gasteiger partial charge in [0.2, 0.25) is 0 Å². The molecule has 0 spiro atoms. The van der Waals surface area contributed by atoms with E-state index in [1.165, 1.54) is 5.56 Å². The fourth-order valence-corrected chi connectivity index (χ4v) is 1.93. The Hall–Kier alpha value is -2.16. The third-order valence-electron chi connectivity index (χ3n) is 3.08. The number of hydrogen-bond donors (Lipinski definition) is 2. The van der Waals surface area contributed by atoms with Crippen molar-refractivity contribution in [1.29, 1.82) is 0 Å². The Morgan fingerprint density at radius 2 is 1.79 bits per heavy atom. The molecule has 0 atom stereocenters. The van der Waals surface area contributed by atoms with Crippen molar-refractivity contribution in [1.82, 2.24) is 0 Å². The summed E-state index contributed by atoms with van der Waals surface area (Å²) < 4.78 is 5.22. The molecule has 0 fully saturated rings. The van der Waals surface area contributed by atoms with Gasteiger partial charge in [0.05, 0.1) is 12.8 Å². The van der Waals surface area contributed by atoms with Gasteiger partial charge < -0.3 is 15.8 Å². The van der Waals surface area contributed by atoms with Crippen LogP contribution in [0.25, 0.3) is 0 Å². The summed E-state index contributed by atoms with van der Waals surface area (Å²) in [5.74, 6) is 1.20. The van der Waals surface area contributed by atoms with E-state index in [1.807, 2.05) is 18.2 Å². The first-order chi connectivity index (χ1) is 9.10. The van der Waals surface area contributed by atoms with Gasteiger partial charge in [0.25, 0.3) is 0 Å². The molecule has 0 aliphatic carbocycles. The van der Waals surface area contributed by atoms with E-state index in [2.05, 4.69) is 43.4 Å². The van der Waals surface area contributed by atoms with Crippen molar-refractivity contribution in [2.45, 2.75) is 19.8 Å². The maximum atomic E-state index is 5.80. The van der Waals surface area contributed by atoms with Crippen LogP contribution in [0.1, 0.15) is 25.3 Å². The number of hydrogen-bond acceptors (Lipinski definition) is 3. The third kappa shape index (κ3) is 3.19. The Morgan fingerprint density at radius 3 is 2.47 bits per heavy atom. The molecule has 0 aliphatic rings. The summed E-state index contributed by atoms with van der Waals surface area (Å²) in [7, 11) is 1.62. The fourth-order valence-electron chi connectivity index (χ4n) is 1.93. The zero-order chi connectivity index (χ0) is 13.8. The molecule has 3 heteroatoms. The lowest BCUT2D eigenvalue weighted by Gasteiger charge is -2.12. The molecule has 3 N–H and O–H groups in total. The molecule has 100 valence electrons. The van der Waals surface area contributed by atoms with Gasteiger partial charge in [0.15, 0.2) is 0 Å². The molecule has 2 aromatic rings. The van der Waals surface area contributed by atoms with Gasteiger partial charge in [-0.1, -0.05) is 26.0 Å². The standard InChI is InChI=1S/C16H20N2O/c1-11(2)12-5-4-6-13(9-12)18-14-7-8-15(17)16(10-14)19-3/h4-11,18H,17H2,1-3H3. The second kappa shape index (κ2) is 5.65. The summed E-state index contributed by atoms with van der Waals surface area (Å²) in [5.41, 5.74) is 9.79. The number of ether oxygens (including phenoxy) is 1. The van der Waals surface area contributed by atoms with Crippen LogP contribution in [-0.4, -0.2) is 7.11 Å². The Labute approximate surface area is 114 Å². The number of methoxy groups -OCH3 is 1. The molecule has 0 amide bonds. The maximum absolute atomic E-state index is 5.80. The minimum absolute atomic E-state index is 0.516. The molecule has 0 saturated heterocycles. The normalized spacial score (nSPS) is 10.5. The summed E-state index contributed by atoms with van der Waals surface area (Å²) in [5, 5.41) is 3.37. The van der Waals surface area contributed by atoms with E-state index < -0.39 is 0 Å². The summed E-state index contributed by atoms with van der Waals surface area (Å²) in [4.78, 5) is 0. The van der Waals surface area contributed by atoms with E-state index in [9.17, 15) is 0 Å². The molecule has 0 heterocycles. The Morgan fingerprint density at radius 1 is 1.05 bits per heavy atom. The van der Waals surface area contributed by atoms with Gasteiger partial charge in [-0.25, -0.2) is 0 Å². The predicted octanol–water partition coefficient (Wildman–Crippen LogP) is 4.14. The van der Waals surface area contributed by atoms with Crippen LogP contribution in [-0.2, 0) is 0 Å². The van der Waals surface area contributed by atoms with Gasteiger partial charge in [0, 0.05) is 17.4 Å². The fraction of sp³-hybridized carbons (Fsp3) is 0.250. The van der Waals surface area contributed by atoms with Gasteiger partial charge in [0.1, 0.15) is 5.75 Å². The molecular weight excluding hydrogens is 236 g/mol. The third-order valence-corrected chi connectivity index (χ3v) is 3.08. The van der Waals surface area contributed by atoms with E-state index in [0.29, 0.717) is 17.4 Å². The van der Waals surface area contributed by atoms with Crippen molar-refractivity contribution in [3.63, 3.8) is 0 Å². The highest BCUT2D eigenvalue weighted by molar-refractivity contribution is 5.67. The number of nitrogens with two attached hydrogens (primary N) is 1. The van der Waals surface area contributed by atoms with E-state index in [0.717, 1.165) is 11.4 Å². The Bertz CT molecular complexity index is 564. The highest BCUT2D eigenvalue weighted by atomic mass is 16.5. The molecule has 0 bridgehead atoms. The predicted molar refractivity (Wildman–Crippen MR) is 81.2 cm³/mol. The van der Waals surface area contributed by atoms with E-state index in [1.54, 1.807) is 7.11 Å². The van der Waals surface area contributed by atoms with Gasteiger partial charge in [-0.05, 0) is 35.7 Å². The van der Waals surface area contributed by atoms with Crippen LogP contribution >= 0.6 is 0 Å². The first-order valence-corrected chi connectivity index (χ1v) is 6.40. The van der Waals surface area contributed by atoms with Crippen LogP contribution in [0.2, 0.25) is 0 Å². The van der Waals surface area contributed by atoms with Crippen LogP contribution in [0.4, 0.5) is 17.1 Å². The lowest BCUT2D eigenvalue weighted by atomic mass is 10.0. The highest BCUT2D eigenvalue weighted by Crippen LogP contribution is 2.28. The second-order valence-corrected chi connectivity index (χ2v) is 4.86. The Balaban J connectivity index is 2.23. The molecule has 2 aromatic carbocycles. The second-order valence-electron chi connectivity index (χ2n) is 4.86. The van der Waals surface area contributed by atoms with Crippen LogP contribution in [0.3, 0.4) is 0 Å². The highest BCUT2D eigenvalue weighted by Gasteiger charge is 2.03. The first kappa shape index (κ1) is 13.3. The smallest absolute Gasteiger partial charge is 0.143 e. The molecule has 2 rings (SSSR count). The van der Waals surface area contributed by atoms with Crippen molar-refractivity contribution in [2.75, 3.05) is 18.2 Å². The van der Waals surface area contributed by atoms with Gasteiger partial charge in [-0.3, -0.25) is 0 Å². The Kier molecular flexibility index (Phi) is 3.95. The monoisotopic (exact) mass is 256 g/mol. The zero-order valence-corrected chi connectivity index (χ0v) is 11.6. The number of benzene rings is 2. The average molecular weight is 256 g/mol. The van der Waals surface area contributed by atoms with Crippen LogP contribution in [0.15, 0.2) is 42.5 Å².